The van der Waals surface area contributed by atoms with Gasteiger partial charge in [-0.05, 0) is 92.2 Å². The van der Waals surface area contributed by atoms with E-state index < -0.39 is 5.60 Å². The van der Waals surface area contributed by atoms with Gasteiger partial charge < -0.3 is 9.52 Å². The lowest BCUT2D eigenvalue weighted by atomic mass is 9.51. The van der Waals surface area contributed by atoms with Crippen molar-refractivity contribution in [1.29, 1.82) is 0 Å². The first-order chi connectivity index (χ1) is 16.4. The van der Waals surface area contributed by atoms with Crippen molar-refractivity contribution in [3.63, 3.8) is 0 Å². The molecule has 4 nitrogen and oxygen atoms in total. The Labute approximate surface area is 201 Å². The number of fused-ring (bicyclic) bond motifs is 5. The van der Waals surface area contributed by atoms with E-state index in [1.807, 2.05) is 13.0 Å². The number of ketones is 1. The van der Waals surface area contributed by atoms with Crippen molar-refractivity contribution in [2.45, 2.75) is 83.7 Å². The van der Waals surface area contributed by atoms with E-state index in [4.69, 9.17) is 9.40 Å². The normalized spacial score (nSPS) is 34.8. The first-order valence-corrected chi connectivity index (χ1v) is 12.9. The van der Waals surface area contributed by atoms with Gasteiger partial charge in [0.15, 0.2) is 17.3 Å². The largest absolute Gasteiger partial charge is 0.441 e. The average Bonchev–Trinajstić information content (AvgIpc) is 3.36. The maximum atomic E-state index is 12.2. The number of allylic oxidation sites excluding steroid dienone is 4. The molecule has 0 bridgehead atoms. The topological polar surface area (TPSA) is 63.3 Å². The van der Waals surface area contributed by atoms with Crippen molar-refractivity contribution < 1.29 is 14.3 Å². The molecule has 1 aromatic heterocycles. The van der Waals surface area contributed by atoms with Gasteiger partial charge in [0.2, 0.25) is 0 Å². The smallest absolute Gasteiger partial charge is 0.195 e. The second kappa shape index (κ2) is 7.68. The molecule has 4 aliphatic carbocycles. The SMILES string of the molecule is CC#C[C@]1(O)CCC2C3CCC4=CC(=O)CCC4=C3[C@@H](c3ccc4oc(CC)nc4c3)C[C@@]21C. The molecule has 1 N–H and O–H groups in total. The highest BCUT2D eigenvalue weighted by molar-refractivity contribution is 5.93. The molecule has 1 heterocycles. The molecule has 34 heavy (non-hydrogen) atoms. The monoisotopic (exact) mass is 455 g/mol. The Morgan fingerprint density at radius 2 is 2.09 bits per heavy atom. The lowest BCUT2D eigenvalue weighted by Gasteiger charge is -2.53. The standard InChI is InChI=1S/C30H33NO3/c1-4-13-30(33)14-12-24-22-9-6-18-15-20(32)8-10-21(18)28(22)23(17-29(24,30)3)19-7-11-26-25(16-19)31-27(5-2)34-26/h7,11,15-16,22-24,33H,5-6,8-10,12,14,17H2,1-3H3/t22?,23-,24?,29+,30+/m1/s1. The molecule has 2 unspecified atom stereocenters. The summed E-state index contributed by atoms with van der Waals surface area (Å²) in [5.74, 6) is 8.33. The van der Waals surface area contributed by atoms with Crippen LogP contribution in [0.25, 0.3) is 11.1 Å². The Morgan fingerprint density at radius 3 is 2.88 bits per heavy atom. The van der Waals surface area contributed by atoms with Crippen LogP contribution in [-0.2, 0) is 11.2 Å². The van der Waals surface area contributed by atoms with Crippen LogP contribution in [0, 0.1) is 29.1 Å². The van der Waals surface area contributed by atoms with Crippen molar-refractivity contribution in [3.8, 4) is 11.8 Å². The van der Waals surface area contributed by atoms with Gasteiger partial charge in [-0.25, -0.2) is 4.98 Å². The average molecular weight is 456 g/mol. The Bertz CT molecular complexity index is 1320. The number of hydrogen-bond donors (Lipinski definition) is 1. The first-order valence-electron chi connectivity index (χ1n) is 12.9. The maximum absolute atomic E-state index is 12.2. The van der Waals surface area contributed by atoms with Gasteiger partial charge in [-0.1, -0.05) is 31.4 Å². The van der Waals surface area contributed by atoms with Crippen LogP contribution in [0.2, 0.25) is 0 Å². The van der Waals surface area contributed by atoms with Crippen molar-refractivity contribution in [3.05, 3.63) is 52.4 Å². The summed E-state index contributed by atoms with van der Waals surface area (Å²) in [6.07, 6.45) is 8.78. The van der Waals surface area contributed by atoms with Gasteiger partial charge >= 0.3 is 0 Å². The van der Waals surface area contributed by atoms with Crippen LogP contribution in [-0.4, -0.2) is 21.5 Å². The molecular weight excluding hydrogens is 422 g/mol. The second-order valence-corrected chi connectivity index (χ2v) is 11.0. The van der Waals surface area contributed by atoms with Crippen LogP contribution >= 0.6 is 0 Å². The number of rotatable bonds is 2. The third-order valence-electron chi connectivity index (χ3n) is 9.38. The third-order valence-corrected chi connectivity index (χ3v) is 9.38. The summed E-state index contributed by atoms with van der Waals surface area (Å²) in [6.45, 7) is 6.17. The van der Waals surface area contributed by atoms with E-state index in [1.54, 1.807) is 0 Å². The van der Waals surface area contributed by atoms with Crippen LogP contribution in [0.5, 0.6) is 0 Å². The van der Waals surface area contributed by atoms with E-state index in [0.717, 1.165) is 61.9 Å². The molecule has 5 atom stereocenters. The van der Waals surface area contributed by atoms with Crippen LogP contribution in [0.4, 0.5) is 0 Å². The summed E-state index contributed by atoms with van der Waals surface area (Å²) in [5.41, 5.74) is 5.97. The number of aromatic nitrogens is 1. The quantitative estimate of drug-likeness (QED) is 0.561. The van der Waals surface area contributed by atoms with E-state index in [-0.39, 0.29) is 17.1 Å². The molecule has 0 amide bonds. The van der Waals surface area contributed by atoms with Crippen LogP contribution < -0.4 is 0 Å². The van der Waals surface area contributed by atoms with E-state index in [0.29, 0.717) is 18.3 Å². The molecule has 6 rings (SSSR count). The Balaban J connectivity index is 1.54. The number of aliphatic hydroxyl groups is 1. The molecule has 0 spiro atoms. The molecule has 4 heteroatoms. The van der Waals surface area contributed by atoms with Crippen LogP contribution in [0.15, 0.2) is 45.4 Å². The predicted octanol–water partition coefficient (Wildman–Crippen LogP) is 6.04. The van der Waals surface area contributed by atoms with E-state index >= 15 is 0 Å². The molecule has 176 valence electrons. The predicted molar refractivity (Wildman–Crippen MR) is 132 cm³/mol. The van der Waals surface area contributed by atoms with Gasteiger partial charge in [0.25, 0.3) is 0 Å². The van der Waals surface area contributed by atoms with Crippen molar-refractivity contribution in [2.75, 3.05) is 0 Å². The number of benzene rings is 1. The molecule has 2 fully saturated rings. The van der Waals surface area contributed by atoms with Crippen molar-refractivity contribution in [1.82, 2.24) is 4.98 Å². The molecule has 1 aromatic carbocycles. The zero-order valence-corrected chi connectivity index (χ0v) is 20.4. The van der Waals surface area contributed by atoms with E-state index in [1.165, 1.54) is 22.3 Å². The first kappa shape index (κ1) is 21.9. The van der Waals surface area contributed by atoms with Crippen molar-refractivity contribution >= 4 is 16.9 Å². The summed E-state index contributed by atoms with van der Waals surface area (Å²) in [4.78, 5) is 16.9. The molecule has 0 saturated heterocycles. The Morgan fingerprint density at radius 1 is 1.24 bits per heavy atom. The van der Waals surface area contributed by atoms with Crippen molar-refractivity contribution in [2.24, 2.45) is 17.3 Å². The number of nitrogens with zero attached hydrogens (tertiary/aromatic N) is 1. The number of oxazole rings is 1. The Hall–Kier alpha value is -2.64. The molecule has 0 aliphatic heterocycles. The summed E-state index contributed by atoms with van der Waals surface area (Å²) in [7, 11) is 0. The van der Waals surface area contributed by atoms with Gasteiger partial charge in [-0.3, -0.25) is 4.79 Å². The number of carbonyl (C=O) groups excluding carboxylic acids is 1. The fraction of sp³-hybridized carbons (Fsp3) is 0.533. The Kier molecular flexibility index (Phi) is 4.94. The maximum Gasteiger partial charge on any atom is 0.195 e. The number of aryl methyl sites for hydroxylation is 1. The van der Waals surface area contributed by atoms with Gasteiger partial charge in [-0.15, -0.1) is 5.92 Å². The van der Waals surface area contributed by atoms with Gasteiger partial charge in [0.1, 0.15) is 11.1 Å². The van der Waals surface area contributed by atoms with Gasteiger partial charge in [0.05, 0.1) is 0 Å². The van der Waals surface area contributed by atoms with Gasteiger partial charge in [0, 0.05) is 24.2 Å². The molecule has 2 aromatic rings. The summed E-state index contributed by atoms with van der Waals surface area (Å²) in [6, 6.07) is 6.45. The van der Waals surface area contributed by atoms with Crippen LogP contribution in [0.3, 0.4) is 0 Å². The zero-order valence-electron chi connectivity index (χ0n) is 20.4. The molecule has 2 saturated carbocycles. The number of hydrogen-bond acceptors (Lipinski definition) is 4. The highest BCUT2D eigenvalue weighted by Gasteiger charge is 2.62. The second-order valence-electron chi connectivity index (χ2n) is 11.0. The highest BCUT2D eigenvalue weighted by Crippen LogP contribution is 2.66. The fourth-order valence-corrected chi connectivity index (χ4v) is 7.74. The van der Waals surface area contributed by atoms with E-state index in [2.05, 4.69) is 43.9 Å². The molecule has 0 radical (unpaired) electrons. The lowest BCUT2D eigenvalue weighted by Crippen LogP contribution is -2.51. The minimum atomic E-state index is -0.952. The zero-order chi connectivity index (χ0) is 23.7. The lowest BCUT2D eigenvalue weighted by molar-refractivity contribution is -0.114. The highest BCUT2D eigenvalue weighted by atomic mass is 16.3. The van der Waals surface area contributed by atoms with E-state index in [9.17, 15) is 9.90 Å². The van der Waals surface area contributed by atoms with Gasteiger partial charge in [-0.2, -0.15) is 0 Å². The minimum Gasteiger partial charge on any atom is -0.441 e. The summed E-state index contributed by atoms with van der Waals surface area (Å²) in [5, 5.41) is 11.8. The third kappa shape index (κ3) is 3.02. The fourth-order valence-electron chi connectivity index (χ4n) is 7.74. The van der Waals surface area contributed by atoms with Crippen LogP contribution in [0.1, 0.15) is 83.1 Å². The summed E-state index contributed by atoms with van der Waals surface area (Å²) >= 11 is 0. The number of carbonyl (C=O) groups is 1. The molecular formula is C30H33NO3. The molecule has 4 aliphatic rings. The summed E-state index contributed by atoms with van der Waals surface area (Å²) < 4.78 is 5.89. The minimum absolute atomic E-state index is 0.188.